The number of fused-ring (bicyclic) bond motifs is 1. The molecule has 1 saturated carbocycles. The second kappa shape index (κ2) is 23.7. The highest BCUT2D eigenvalue weighted by Crippen LogP contribution is 2.66. The number of azide groups is 1. The van der Waals surface area contributed by atoms with Gasteiger partial charge in [-0.2, -0.15) is 13.6 Å². The van der Waals surface area contributed by atoms with Crippen LogP contribution < -0.4 is 37.5 Å². The summed E-state index contributed by atoms with van der Waals surface area (Å²) < 4.78 is 70.9. The summed E-state index contributed by atoms with van der Waals surface area (Å²) >= 11 is 0. The summed E-state index contributed by atoms with van der Waals surface area (Å²) in [5.41, 5.74) is 22.5. The average Bonchev–Trinajstić information content (AvgIpc) is 3.99. The predicted molar refractivity (Wildman–Crippen MR) is 223 cm³/mol. The fraction of sp³-hybridized carbons (Fsp3) is 0.559. The van der Waals surface area contributed by atoms with Crippen LogP contribution in [0.4, 0.5) is 5.82 Å². The van der Waals surface area contributed by atoms with Gasteiger partial charge in [-0.1, -0.05) is 35.9 Å². The first-order valence-electron chi connectivity index (χ1n) is 19.7. The number of benzene rings is 1. The maximum absolute atomic E-state index is 12.6. The van der Waals surface area contributed by atoms with E-state index in [1.54, 1.807) is 35.0 Å². The molecule has 5 rings (SSSR count). The van der Waals surface area contributed by atoms with Crippen LogP contribution in [0.3, 0.4) is 0 Å². The molecule has 4 unspecified atom stereocenters. The van der Waals surface area contributed by atoms with E-state index >= 15 is 0 Å². The first-order chi connectivity index (χ1) is 30.4. The molecular weight excluding hydrogens is 911 g/mol. The van der Waals surface area contributed by atoms with Gasteiger partial charge in [0.15, 0.2) is 12.2 Å². The third-order valence-corrected chi connectivity index (χ3v) is 13.2. The lowest BCUT2D eigenvalue weighted by Crippen LogP contribution is -2.41. The van der Waals surface area contributed by atoms with Gasteiger partial charge < -0.3 is 75.8 Å². The molecule has 0 spiro atoms. The van der Waals surface area contributed by atoms with Gasteiger partial charge in [-0.15, -0.1) is 0 Å². The van der Waals surface area contributed by atoms with Gasteiger partial charge in [0.1, 0.15) is 37.2 Å². The molecule has 2 aliphatic heterocycles. The third-order valence-electron chi connectivity index (χ3n) is 9.36. The fourth-order valence-electron chi connectivity index (χ4n) is 6.64. The van der Waals surface area contributed by atoms with Gasteiger partial charge in [-0.3, -0.25) is 14.1 Å². The van der Waals surface area contributed by atoms with Crippen molar-refractivity contribution in [3.05, 3.63) is 57.6 Å². The number of phosphoric ester groups is 1. The third kappa shape index (κ3) is 16.5. The van der Waals surface area contributed by atoms with Crippen molar-refractivity contribution in [2.45, 2.75) is 69.3 Å². The summed E-state index contributed by atoms with van der Waals surface area (Å²) in [4.78, 5) is 68.7. The number of aromatic nitrogens is 1. The number of aliphatic imine (C=N–C) groups is 1. The van der Waals surface area contributed by atoms with E-state index in [-0.39, 0.29) is 51.3 Å². The van der Waals surface area contributed by atoms with Crippen LogP contribution in [-0.2, 0) is 45.8 Å². The van der Waals surface area contributed by atoms with Crippen molar-refractivity contribution >= 4 is 47.1 Å². The molecule has 1 aliphatic carbocycles. The number of nitrogens with one attached hydrogen (secondary N) is 4. The Balaban J connectivity index is 1.03. The summed E-state index contributed by atoms with van der Waals surface area (Å²) in [5, 5.41) is 15.3. The Morgan fingerprint density at radius 3 is 2.61 bits per heavy atom. The highest BCUT2D eigenvalue weighted by molar-refractivity contribution is 7.66. The number of guanidine groups is 1. The minimum Gasteiger partial charge on any atom is -0.491 e. The van der Waals surface area contributed by atoms with Crippen molar-refractivity contribution in [2.24, 2.45) is 21.6 Å². The maximum Gasteiger partial charge on any atom is 0.490 e. The molecule has 6 atom stereocenters. The summed E-state index contributed by atoms with van der Waals surface area (Å²) in [6, 6.07) is 7.07. The van der Waals surface area contributed by atoms with Crippen LogP contribution in [0.2, 0.25) is 0 Å². The fourth-order valence-corrected chi connectivity index (χ4v) is 9.69. The molecule has 2 aromatic rings. The lowest BCUT2D eigenvalue weighted by atomic mass is 10.1. The summed E-state index contributed by atoms with van der Waals surface area (Å²) in [7, 11) is -16.6. The number of hydrogen-bond donors (Lipinski definition) is 10. The molecule has 12 N–H and O–H groups in total. The minimum absolute atomic E-state index is 0.00133. The van der Waals surface area contributed by atoms with Crippen molar-refractivity contribution in [3.63, 3.8) is 0 Å². The van der Waals surface area contributed by atoms with Crippen LogP contribution in [-0.4, -0.2) is 113 Å². The van der Waals surface area contributed by atoms with Crippen LogP contribution in [0, 0.1) is 11.8 Å². The molecule has 0 bridgehead atoms. The molecule has 2 fully saturated rings. The van der Waals surface area contributed by atoms with E-state index in [2.05, 4.69) is 56.7 Å². The maximum atomic E-state index is 12.6. The second-order valence-electron chi connectivity index (χ2n) is 14.2. The number of rotatable bonds is 24. The molecule has 1 aromatic heterocycles. The number of phosphoric acid groups is 3. The molecular formula is C34H50N11O16P3. The van der Waals surface area contributed by atoms with E-state index in [0.29, 0.717) is 53.8 Å². The van der Waals surface area contributed by atoms with Crippen LogP contribution in [0.1, 0.15) is 72.4 Å². The van der Waals surface area contributed by atoms with E-state index in [0.717, 1.165) is 12.8 Å². The average molecular weight is 962 g/mol. The molecule has 64 heavy (non-hydrogen) atoms. The first kappa shape index (κ1) is 50.6. The normalized spacial score (nSPS) is 20.8. The number of nitrogens with zero attached hydrogens (tertiary/aromatic N) is 5. The standard InChI is InChI=1S/C34H50N11O16P3/c35-31-30-23(18-45(32(30)42-34(36)41-31)29-11-10-26(59-29)19-58-63(51,52)61-64(53,54)60-62(48,49)50)6-4-12-39-27(46)20-55-15-16-56-28(43-44-37)21-57-25-9-3-5-22(17-25)33(47)40-14-13-38-24-7-1-2-8-24/h3,5,9,17-18,24,26,28-29,31,38H,1-2,7-8,10-16,19-21,35H2,(H,39,46)(H,40,47)(H,51,52)(H,53,54)(H3,36,41,42)(H2,48,49,50)/t26-,28?,29+,31?/m0/s1. The van der Waals surface area contributed by atoms with Crippen molar-refractivity contribution in [2.75, 3.05) is 52.7 Å². The second-order valence-corrected chi connectivity index (χ2v) is 18.6. The Hall–Kier alpha value is -4.41. The SMILES string of the molecule is [N-]=[N+]=NC(COc1cccc(C(=O)NCCNC2CCCC2)c1)OCCOCC(=O)NCC#Cc1cn([C@H]2CC[C@@H](COP(=O)(O)OP(=O)(O)OP(=O)(O)O)O2)c2c1C(N)NC(N)=N2. The number of carbonyl (C=O) groups excluding carboxylic acids is 2. The molecule has 0 radical (unpaired) electrons. The van der Waals surface area contributed by atoms with Crippen LogP contribution in [0.5, 0.6) is 5.75 Å². The summed E-state index contributed by atoms with van der Waals surface area (Å²) in [6.07, 6.45) is 3.44. The zero-order chi connectivity index (χ0) is 46.3. The predicted octanol–water partition coefficient (Wildman–Crippen LogP) is 1.49. The lowest BCUT2D eigenvalue weighted by Gasteiger charge is -2.23. The van der Waals surface area contributed by atoms with E-state index in [1.165, 1.54) is 12.8 Å². The first-order valence-corrected chi connectivity index (χ1v) is 24.2. The zero-order valence-corrected chi connectivity index (χ0v) is 36.8. The van der Waals surface area contributed by atoms with E-state index in [9.17, 15) is 33.1 Å². The van der Waals surface area contributed by atoms with Gasteiger partial charge >= 0.3 is 23.5 Å². The Morgan fingerprint density at radius 2 is 1.86 bits per heavy atom. The molecule has 3 aliphatic rings. The number of ether oxygens (including phenoxy) is 4. The number of hydrogen-bond acceptors (Lipinski definition) is 18. The Morgan fingerprint density at radius 1 is 1.08 bits per heavy atom. The summed E-state index contributed by atoms with van der Waals surface area (Å²) in [5.74, 6) is 5.69. The lowest BCUT2D eigenvalue weighted by molar-refractivity contribution is -0.126. The topological polar surface area (TPSA) is 397 Å². The number of amides is 2. The Bertz CT molecular complexity index is 2240. The Kier molecular flexibility index (Phi) is 18.7. The summed E-state index contributed by atoms with van der Waals surface area (Å²) in [6.45, 7) is -0.119. The molecule has 352 valence electrons. The highest BCUT2D eigenvalue weighted by atomic mass is 31.3. The van der Waals surface area contributed by atoms with Crippen molar-refractivity contribution in [1.29, 1.82) is 0 Å². The largest absolute Gasteiger partial charge is 0.491 e. The van der Waals surface area contributed by atoms with Gasteiger partial charge in [-0.05, 0) is 49.4 Å². The molecule has 3 heterocycles. The quantitative estimate of drug-likeness (QED) is 0.0178. The zero-order valence-electron chi connectivity index (χ0n) is 34.1. The van der Waals surface area contributed by atoms with E-state index < -0.39 is 60.7 Å². The van der Waals surface area contributed by atoms with Gasteiger partial charge in [0.2, 0.25) is 5.91 Å². The highest BCUT2D eigenvalue weighted by Gasteiger charge is 2.42. The van der Waals surface area contributed by atoms with Crippen LogP contribution in [0.25, 0.3) is 10.4 Å². The monoisotopic (exact) mass is 961 g/mol. The molecule has 1 saturated heterocycles. The van der Waals surface area contributed by atoms with Gasteiger partial charge in [0.25, 0.3) is 5.91 Å². The molecule has 2 amide bonds. The van der Waals surface area contributed by atoms with Crippen molar-refractivity contribution in [1.82, 2.24) is 25.8 Å². The van der Waals surface area contributed by atoms with Crippen molar-refractivity contribution in [3.8, 4) is 17.6 Å². The van der Waals surface area contributed by atoms with Crippen LogP contribution >= 0.6 is 23.5 Å². The molecule has 1 aromatic carbocycles. The smallest absolute Gasteiger partial charge is 0.490 e. The minimum atomic E-state index is -5.69. The molecule has 30 heteroatoms. The Labute approximate surface area is 365 Å². The van der Waals surface area contributed by atoms with E-state index in [1.807, 2.05) is 0 Å². The van der Waals surface area contributed by atoms with Gasteiger partial charge in [0.05, 0.1) is 38.0 Å². The number of nitrogens with two attached hydrogens (primary N) is 2. The number of carbonyl (C=O) groups is 2. The van der Waals surface area contributed by atoms with Gasteiger partial charge in [0, 0.05) is 41.4 Å². The van der Waals surface area contributed by atoms with Crippen molar-refractivity contribution < 1.29 is 75.0 Å². The van der Waals surface area contributed by atoms with E-state index in [4.69, 9.17) is 50.3 Å². The van der Waals surface area contributed by atoms with Gasteiger partial charge in [-0.25, -0.2) is 13.7 Å². The molecule has 27 nitrogen and oxygen atoms in total. The van der Waals surface area contributed by atoms with Crippen LogP contribution in [0.15, 0.2) is 40.6 Å².